The Bertz CT molecular complexity index is 779. The fraction of sp³-hybridized carbons (Fsp3) is 0.636. The summed E-state index contributed by atoms with van der Waals surface area (Å²) >= 11 is 1.92. The third kappa shape index (κ3) is 5.34. The van der Waals surface area contributed by atoms with Crippen LogP contribution in [0.2, 0.25) is 0 Å². The Hall–Kier alpha value is -1.09. The molecule has 2 fully saturated rings. The van der Waals surface area contributed by atoms with E-state index in [4.69, 9.17) is 0 Å². The lowest BCUT2D eigenvalue weighted by Crippen LogP contribution is -2.47. The number of guanidine groups is 1. The van der Waals surface area contributed by atoms with Crippen LogP contribution in [0.5, 0.6) is 0 Å². The van der Waals surface area contributed by atoms with Crippen molar-refractivity contribution in [3.63, 3.8) is 0 Å². The number of hydrogen-bond donors (Lipinski definition) is 1. The van der Waals surface area contributed by atoms with E-state index in [9.17, 15) is 0 Å². The van der Waals surface area contributed by atoms with E-state index in [1.165, 1.54) is 44.1 Å². The zero-order valence-corrected chi connectivity index (χ0v) is 20.8. The molecule has 1 saturated carbocycles. The molecule has 2 aromatic rings. The van der Waals surface area contributed by atoms with Gasteiger partial charge in [0.15, 0.2) is 5.96 Å². The van der Waals surface area contributed by atoms with E-state index in [1.807, 2.05) is 36.3 Å². The van der Waals surface area contributed by atoms with Gasteiger partial charge in [-0.3, -0.25) is 9.67 Å². The second kappa shape index (κ2) is 10.3. The summed E-state index contributed by atoms with van der Waals surface area (Å²) in [4.78, 5) is 8.63. The van der Waals surface area contributed by atoms with Gasteiger partial charge in [0.25, 0.3) is 0 Å². The third-order valence-electron chi connectivity index (χ3n) is 6.52. The first-order valence-corrected chi connectivity index (χ1v) is 11.5. The third-order valence-corrected chi connectivity index (χ3v) is 7.64. The molecule has 7 heteroatoms. The number of nitrogens with zero attached hydrogens (tertiary/aromatic N) is 4. The first-order chi connectivity index (χ1) is 13.7. The summed E-state index contributed by atoms with van der Waals surface area (Å²) in [5.74, 6) is 1.76. The van der Waals surface area contributed by atoms with Gasteiger partial charge in [-0.15, -0.1) is 35.3 Å². The minimum Gasteiger partial charge on any atom is -0.355 e. The molecule has 0 bridgehead atoms. The second-order valence-corrected chi connectivity index (χ2v) is 9.49. The van der Waals surface area contributed by atoms with Crippen molar-refractivity contribution in [1.29, 1.82) is 0 Å². The molecule has 160 valence electrons. The van der Waals surface area contributed by atoms with Gasteiger partial charge in [-0.1, -0.05) is 25.3 Å². The smallest absolute Gasteiger partial charge is 0.193 e. The number of aryl methyl sites for hydroxylation is 1. The highest BCUT2D eigenvalue weighted by molar-refractivity contribution is 14.0. The predicted molar refractivity (Wildman–Crippen MR) is 132 cm³/mol. The van der Waals surface area contributed by atoms with Crippen LogP contribution in [0.1, 0.15) is 49.0 Å². The van der Waals surface area contributed by atoms with E-state index in [-0.39, 0.29) is 29.4 Å². The highest BCUT2D eigenvalue weighted by atomic mass is 127. The highest BCUT2D eigenvalue weighted by Gasteiger charge is 2.35. The van der Waals surface area contributed by atoms with Crippen LogP contribution in [0.15, 0.2) is 34.9 Å². The molecule has 1 atom stereocenters. The molecule has 1 saturated heterocycles. The zero-order chi connectivity index (χ0) is 19.4. The Labute approximate surface area is 196 Å². The van der Waals surface area contributed by atoms with Crippen LogP contribution < -0.4 is 5.32 Å². The van der Waals surface area contributed by atoms with E-state index in [0.29, 0.717) is 5.92 Å². The minimum absolute atomic E-state index is 0. The second-order valence-electron chi connectivity index (χ2n) is 8.55. The summed E-state index contributed by atoms with van der Waals surface area (Å²) in [6.45, 7) is 3.18. The Balaban J connectivity index is 0.00000240. The fourth-order valence-electron chi connectivity index (χ4n) is 5.00. The van der Waals surface area contributed by atoms with Crippen molar-refractivity contribution < 1.29 is 0 Å². The maximum Gasteiger partial charge on any atom is 0.193 e. The predicted octanol–water partition coefficient (Wildman–Crippen LogP) is 4.44. The highest BCUT2D eigenvalue weighted by Crippen LogP contribution is 2.41. The lowest BCUT2D eigenvalue weighted by atomic mass is 9.73. The monoisotopic (exact) mass is 527 g/mol. The number of halogens is 1. The normalized spacial score (nSPS) is 21.8. The van der Waals surface area contributed by atoms with Crippen molar-refractivity contribution in [3.8, 4) is 0 Å². The van der Waals surface area contributed by atoms with Gasteiger partial charge >= 0.3 is 0 Å². The van der Waals surface area contributed by atoms with Crippen LogP contribution in [0, 0.1) is 5.92 Å². The van der Waals surface area contributed by atoms with Crippen LogP contribution in [-0.4, -0.2) is 47.3 Å². The van der Waals surface area contributed by atoms with Crippen molar-refractivity contribution >= 4 is 41.3 Å². The van der Waals surface area contributed by atoms with Crippen LogP contribution in [0.25, 0.3) is 0 Å². The first kappa shape index (κ1) is 22.6. The largest absolute Gasteiger partial charge is 0.355 e. The van der Waals surface area contributed by atoms with Gasteiger partial charge in [0, 0.05) is 50.2 Å². The van der Waals surface area contributed by atoms with E-state index in [0.717, 1.165) is 32.0 Å². The average Bonchev–Trinajstić information content (AvgIpc) is 3.46. The molecule has 1 aliphatic heterocycles. The Kier molecular flexibility index (Phi) is 8.01. The Morgan fingerprint density at radius 2 is 2.17 bits per heavy atom. The lowest BCUT2D eigenvalue weighted by Gasteiger charge is -2.38. The first-order valence-electron chi connectivity index (χ1n) is 10.7. The molecule has 4 rings (SSSR count). The van der Waals surface area contributed by atoms with E-state index in [1.54, 1.807) is 4.88 Å². The number of aromatic nitrogens is 2. The van der Waals surface area contributed by atoms with Crippen molar-refractivity contribution in [2.75, 3.05) is 26.7 Å². The molecule has 3 heterocycles. The average molecular weight is 528 g/mol. The van der Waals surface area contributed by atoms with Crippen molar-refractivity contribution in [2.45, 2.75) is 50.4 Å². The van der Waals surface area contributed by atoms with E-state index < -0.39 is 0 Å². The Morgan fingerprint density at radius 3 is 2.83 bits per heavy atom. The van der Waals surface area contributed by atoms with Gasteiger partial charge in [0.05, 0.1) is 6.20 Å². The molecule has 0 radical (unpaired) electrons. The maximum absolute atomic E-state index is 4.63. The lowest BCUT2D eigenvalue weighted by molar-refractivity contribution is 0.293. The molecule has 1 aliphatic carbocycles. The number of thiophene rings is 1. The molecule has 1 unspecified atom stereocenters. The van der Waals surface area contributed by atoms with Crippen LogP contribution in [-0.2, 0) is 18.9 Å². The molecular formula is C22H34IN5S. The van der Waals surface area contributed by atoms with E-state index >= 15 is 0 Å². The summed E-state index contributed by atoms with van der Waals surface area (Å²) in [6.07, 6.45) is 13.1. The van der Waals surface area contributed by atoms with Gasteiger partial charge in [-0.2, -0.15) is 5.10 Å². The number of aliphatic imine (C=N–C) groups is 1. The van der Waals surface area contributed by atoms with Gasteiger partial charge in [-0.05, 0) is 48.6 Å². The summed E-state index contributed by atoms with van der Waals surface area (Å²) in [5.41, 5.74) is 1.63. The standard InChI is InChI=1S/C22H33N5S.HI/c1-23-21(27-11-8-18(16-27)13-19-14-25-26(2)15-19)24-17-22(9-4-3-5-10-22)20-7-6-12-28-20;/h6-7,12,14-15,18H,3-5,8-11,13,16-17H2,1-2H3,(H,23,24);1H. The maximum atomic E-state index is 4.63. The molecule has 2 aliphatic rings. The van der Waals surface area contributed by atoms with Crippen molar-refractivity contribution in [3.05, 3.63) is 40.3 Å². The SMILES string of the molecule is CN=C(NCC1(c2cccs2)CCCCC1)N1CCC(Cc2cnn(C)c2)C1.I. The van der Waals surface area contributed by atoms with Gasteiger partial charge in [0.2, 0.25) is 0 Å². The fourth-order valence-corrected chi connectivity index (χ4v) is 5.99. The molecule has 0 spiro atoms. The molecular weight excluding hydrogens is 493 g/mol. The minimum atomic E-state index is 0. The van der Waals surface area contributed by atoms with Crippen LogP contribution in [0.3, 0.4) is 0 Å². The summed E-state index contributed by atoms with van der Waals surface area (Å²) in [5, 5.41) is 10.3. The zero-order valence-electron chi connectivity index (χ0n) is 17.6. The number of rotatable bonds is 5. The van der Waals surface area contributed by atoms with Crippen molar-refractivity contribution in [1.82, 2.24) is 20.0 Å². The summed E-state index contributed by atoms with van der Waals surface area (Å²) < 4.78 is 1.90. The molecule has 0 amide bonds. The number of likely N-dealkylation sites (tertiary alicyclic amines) is 1. The van der Waals surface area contributed by atoms with Crippen LogP contribution >= 0.6 is 35.3 Å². The number of nitrogens with one attached hydrogen (secondary N) is 1. The molecule has 29 heavy (non-hydrogen) atoms. The van der Waals surface area contributed by atoms with E-state index in [2.05, 4.69) is 44.0 Å². The van der Waals surface area contributed by atoms with Gasteiger partial charge in [-0.25, -0.2) is 0 Å². The topological polar surface area (TPSA) is 45.5 Å². The quantitative estimate of drug-likeness (QED) is 0.355. The molecule has 1 N–H and O–H groups in total. The summed E-state index contributed by atoms with van der Waals surface area (Å²) in [7, 11) is 3.92. The molecule has 5 nitrogen and oxygen atoms in total. The van der Waals surface area contributed by atoms with Gasteiger partial charge in [0.1, 0.15) is 0 Å². The Morgan fingerprint density at radius 1 is 1.34 bits per heavy atom. The summed E-state index contributed by atoms with van der Waals surface area (Å²) in [6, 6.07) is 4.54. The molecule has 0 aromatic carbocycles. The van der Waals surface area contributed by atoms with Crippen LogP contribution in [0.4, 0.5) is 0 Å². The molecule has 2 aromatic heterocycles. The number of hydrogen-bond acceptors (Lipinski definition) is 3. The van der Waals surface area contributed by atoms with Gasteiger partial charge < -0.3 is 10.2 Å². The van der Waals surface area contributed by atoms with Crippen molar-refractivity contribution in [2.24, 2.45) is 18.0 Å².